The van der Waals surface area contributed by atoms with Gasteiger partial charge in [0.2, 0.25) is 0 Å². The van der Waals surface area contributed by atoms with Crippen LogP contribution in [0.15, 0.2) is 36.4 Å². The molecule has 0 unspecified atom stereocenters. The molecule has 3 nitrogen and oxygen atoms in total. The van der Waals surface area contributed by atoms with E-state index in [4.69, 9.17) is 9.47 Å². The van der Waals surface area contributed by atoms with Gasteiger partial charge >= 0.3 is 0 Å². The summed E-state index contributed by atoms with van der Waals surface area (Å²) >= 11 is 0. The van der Waals surface area contributed by atoms with Crippen LogP contribution in [0.3, 0.4) is 0 Å². The van der Waals surface area contributed by atoms with E-state index in [0.29, 0.717) is 13.2 Å². The summed E-state index contributed by atoms with van der Waals surface area (Å²) in [6.45, 7) is 4.00. The Kier molecular flexibility index (Phi) is 4.42. The highest BCUT2D eigenvalue weighted by atomic mass is 16.5. The third-order valence-electron chi connectivity index (χ3n) is 2.64. The largest absolute Gasteiger partial charge is 0.508 e. The summed E-state index contributed by atoms with van der Waals surface area (Å²) in [5.41, 5.74) is 0. The molecule has 0 amide bonds. The fraction of sp³-hybridized carbons (Fsp3) is 0.333. The molecule has 0 saturated carbocycles. The molecule has 2 aromatic rings. The van der Waals surface area contributed by atoms with Crippen molar-refractivity contribution in [1.82, 2.24) is 0 Å². The van der Waals surface area contributed by atoms with Crippen LogP contribution in [0.5, 0.6) is 11.5 Å². The number of benzene rings is 2. The Morgan fingerprint density at radius 3 is 2.61 bits per heavy atom. The van der Waals surface area contributed by atoms with Crippen molar-refractivity contribution in [2.45, 2.75) is 13.3 Å². The zero-order valence-corrected chi connectivity index (χ0v) is 10.6. The number of hydrogen-bond acceptors (Lipinski definition) is 3. The van der Waals surface area contributed by atoms with Gasteiger partial charge < -0.3 is 14.6 Å². The minimum absolute atomic E-state index is 0.269. The molecule has 18 heavy (non-hydrogen) atoms. The Morgan fingerprint density at radius 1 is 0.944 bits per heavy atom. The summed E-state index contributed by atoms with van der Waals surface area (Å²) in [5.74, 6) is 1.07. The van der Waals surface area contributed by atoms with E-state index in [2.05, 4.69) is 6.92 Å². The van der Waals surface area contributed by atoms with Gasteiger partial charge in [-0.25, -0.2) is 0 Å². The van der Waals surface area contributed by atoms with E-state index in [1.165, 1.54) is 0 Å². The number of phenols is 1. The first-order valence-corrected chi connectivity index (χ1v) is 6.23. The maximum Gasteiger partial charge on any atom is 0.120 e. The molecule has 0 aliphatic heterocycles. The lowest BCUT2D eigenvalue weighted by Gasteiger charge is -2.08. The van der Waals surface area contributed by atoms with Crippen LogP contribution < -0.4 is 4.74 Å². The van der Waals surface area contributed by atoms with Crippen LogP contribution in [0.25, 0.3) is 10.8 Å². The zero-order chi connectivity index (χ0) is 12.8. The maximum absolute atomic E-state index is 9.43. The Balaban J connectivity index is 1.97. The predicted molar refractivity (Wildman–Crippen MR) is 72.2 cm³/mol. The van der Waals surface area contributed by atoms with E-state index in [1.54, 1.807) is 12.1 Å². The number of fused-ring (bicyclic) bond motifs is 1. The zero-order valence-electron chi connectivity index (χ0n) is 10.6. The summed E-state index contributed by atoms with van der Waals surface area (Å²) in [7, 11) is 0. The molecule has 0 aliphatic rings. The fourth-order valence-electron chi connectivity index (χ4n) is 1.77. The van der Waals surface area contributed by atoms with Crippen molar-refractivity contribution in [2.24, 2.45) is 0 Å². The number of rotatable bonds is 6. The summed E-state index contributed by atoms with van der Waals surface area (Å²) in [6, 6.07) is 11.1. The van der Waals surface area contributed by atoms with Crippen LogP contribution >= 0.6 is 0 Å². The van der Waals surface area contributed by atoms with Gasteiger partial charge in [0.05, 0.1) is 6.61 Å². The van der Waals surface area contributed by atoms with Gasteiger partial charge in [-0.05, 0) is 41.5 Å². The Hall–Kier alpha value is -1.74. The highest BCUT2D eigenvalue weighted by molar-refractivity contribution is 5.85. The summed E-state index contributed by atoms with van der Waals surface area (Å²) < 4.78 is 10.9. The van der Waals surface area contributed by atoms with Gasteiger partial charge in [0.25, 0.3) is 0 Å². The molecule has 0 saturated heterocycles. The second kappa shape index (κ2) is 6.26. The first-order chi connectivity index (χ1) is 8.79. The van der Waals surface area contributed by atoms with Crippen LogP contribution in [0.4, 0.5) is 0 Å². The predicted octanol–water partition coefficient (Wildman–Crippen LogP) is 3.35. The van der Waals surface area contributed by atoms with Gasteiger partial charge in [-0.1, -0.05) is 19.1 Å². The lowest BCUT2D eigenvalue weighted by molar-refractivity contribution is 0.101. The molecule has 0 aliphatic carbocycles. The van der Waals surface area contributed by atoms with Crippen LogP contribution in [-0.4, -0.2) is 24.9 Å². The maximum atomic E-state index is 9.43. The second-order valence-electron chi connectivity index (χ2n) is 4.15. The first-order valence-electron chi connectivity index (χ1n) is 6.23. The molecule has 0 aromatic heterocycles. The highest BCUT2D eigenvalue weighted by Crippen LogP contribution is 2.24. The molecule has 96 valence electrons. The highest BCUT2D eigenvalue weighted by Gasteiger charge is 1.99. The van der Waals surface area contributed by atoms with Crippen molar-refractivity contribution in [3.63, 3.8) is 0 Å². The molecule has 0 bridgehead atoms. The van der Waals surface area contributed by atoms with Gasteiger partial charge in [-0.2, -0.15) is 0 Å². The Morgan fingerprint density at radius 2 is 1.78 bits per heavy atom. The van der Waals surface area contributed by atoms with E-state index in [1.807, 2.05) is 24.3 Å². The minimum atomic E-state index is 0.269. The average Bonchev–Trinajstić information content (AvgIpc) is 2.38. The monoisotopic (exact) mass is 246 g/mol. The van der Waals surface area contributed by atoms with Crippen LogP contribution in [0.1, 0.15) is 13.3 Å². The molecular formula is C15H18O3. The van der Waals surface area contributed by atoms with Crippen molar-refractivity contribution in [2.75, 3.05) is 19.8 Å². The third-order valence-corrected chi connectivity index (χ3v) is 2.64. The first kappa shape index (κ1) is 12.7. The smallest absolute Gasteiger partial charge is 0.120 e. The van der Waals surface area contributed by atoms with E-state index >= 15 is 0 Å². The molecule has 1 N–H and O–H groups in total. The molecule has 2 aromatic carbocycles. The van der Waals surface area contributed by atoms with E-state index < -0.39 is 0 Å². The topological polar surface area (TPSA) is 38.7 Å². The number of hydrogen-bond donors (Lipinski definition) is 1. The van der Waals surface area contributed by atoms with Crippen molar-refractivity contribution in [3.8, 4) is 11.5 Å². The van der Waals surface area contributed by atoms with Gasteiger partial charge in [0.1, 0.15) is 18.1 Å². The minimum Gasteiger partial charge on any atom is -0.508 e. The van der Waals surface area contributed by atoms with Crippen molar-refractivity contribution >= 4 is 10.8 Å². The van der Waals surface area contributed by atoms with E-state index in [9.17, 15) is 5.11 Å². The van der Waals surface area contributed by atoms with Gasteiger partial charge in [-0.15, -0.1) is 0 Å². The van der Waals surface area contributed by atoms with Crippen molar-refractivity contribution in [3.05, 3.63) is 36.4 Å². The number of ether oxygens (including phenoxy) is 2. The van der Waals surface area contributed by atoms with Gasteiger partial charge in [-0.3, -0.25) is 0 Å². The van der Waals surface area contributed by atoms with Crippen LogP contribution in [0.2, 0.25) is 0 Å². The van der Waals surface area contributed by atoms with Crippen LogP contribution in [-0.2, 0) is 4.74 Å². The molecule has 0 radical (unpaired) electrons. The molecule has 0 spiro atoms. The SMILES string of the molecule is CCCOCCOc1ccc2ccc(O)cc2c1. The van der Waals surface area contributed by atoms with Crippen molar-refractivity contribution < 1.29 is 14.6 Å². The number of phenolic OH excluding ortho intramolecular Hbond substituents is 1. The van der Waals surface area contributed by atoms with Gasteiger partial charge in [0, 0.05) is 6.61 Å². The molecular weight excluding hydrogens is 228 g/mol. The normalized spacial score (nSPS) is 10.7. The molecule has 0 heterocycles. The van der Waals surface area contributed by atoms with Crippen molar-refractivity contribution in [1.29, 1.82) is 0 Å². The summed E-state index contributed by atoms with van der Waals surface area (Å²) in [4.78, 5) is 0. The fourth-order valence-corrected chi connectivity index (χ4v) is 1.77. The second-order valence-corrected chi connectivity index (χ2v) is 4.15. The van der Waals surface area contributed by atoms with Crippen LogP contribution in [0, 0.1) is 0 Å². The standard InChI is InChI=1S/C15H18O3/c1-2-7-17-8-9-18-15-6-4-12-3-5-14(16)10-13(12)11-15/h3-6,10-11,16H,2,7-9H2,1H3. The molecule has 0 atom stereocenters. The molecule has 0 fully saturated rings. The number of aromatic hydroxyl groups is 1. The van der Waals surface area contributed by atoms with E-state index in [-0.39, 0.29) is 5.75 Å². The molecule has 3 heteroatoms. The van der Waals surface area contributed by atoms with E-state index in [0.717, 1.165) is 29.5 Å². The lowest BCUT2D eigenvalue weighted by Crippen LogP contribution is -2.06. The Bertz CT molecular complexity index is 508. The molecule has 2 rings (SSSR count). The van der Waals surface area contributed by atoms with Gasteiger partial charge in [0.15, 0.2) is 0 Å². The lowest BCUT2D eigenvalue weighted by atomic mass is 10.1. The summed E-state index contributed by atoms with van der Waals surface area (Å²) in [6.07, 6.45) is 1.02. The quantitative estimate of drug-likeness (QED) is 0.794. The summed E-state index contributed by atoms with van der Waals surface area (Å²) in [5, 5.41) is 11.5. The Labute approximate surface area is 107 Å². The third kappa shape index (κ3) is 3.37. The average molecular weight is 246 g/mol.